The van der Waals surface area contributed by atoms with Gasteiger partial charge in [-0.3, -0.25) is 8.42 Å². The van der Waals surface area contributed by atoms with Gasteiger partial charge in [-0.15, -0.1) is 24.8 Å². The molecule has 7 rings (SSSR count). The molecule has 0 bridgehead atoms. The molecule has 24 heteroatoms. The molecule has 0 aliphatic carbocycles. The van der Waals surface area contributed by atoms with E-state index in [1.54, 1.807) is 30.3 Å². The van der Waals surface area contributed by atoms with Crippen molar-refractivity contribution in [2.24, 2.45) is 0 Å². The number of aromatic hydroxyl groups is 14. The molecule has 0 radical (unpaired) electrons. The van der Waals surface area contributed by atoms with E-state index in [0.717, 1.165) is 164 Å². The van der Waals surface area contributed by atoms with Crippen LogP contribution in [0, 0.1) is 6.07 Å². The fourth-order valence-corrected chi connectivity index (χ4v) is 15.1. The molecular formula is C106H168Na2O20S2. The zero-order valence-corrected chi connectivity index (χ0v) is 90.0. The molecule has 7 aromatic rings. The average molecular weight is 1870 g/mol. The van der Waals surface area contributed by atoms with Crippen LogP contribution in [0.25, 0.3) is 0 Å². The van der Waals surface area contributed by atoms with Crippen molar-refractivity contribution in [2.75, 3.05) is 0 Å². The van der Waals surface area contributed by atoms with Gasteiger partial charge in [-0.05, 0) is 191 Å². The van der Waals surface area contributed by atoms with Crippen LogP contribution in [0.4, 0.5) is 0 Å². The summed E-state index contributed by atoms with van der Waals surface area (Å²) in [5, 5.41) is 136. The third-order valence-corrected chi connectivity index (χ3v) is 25.1. The SMILES string of the molecule is CC(C)c1ccc(C(C)C)c(O)c1O.CCC(C)(C)c1cc(O)c(O)c(C(C)(C)CC)c1.CCCCCC(C)(C)c1cc(O)c(O)c(C(C)(C)CCCCC)c1.CCCCCC(C)(C)c1cccc(O)c1O.CCCCCCCCc1cc(O)c(O)c(CCCCCCCC)c1.CCCCc1cc(O)c(O)c(CCCC)c1.O=S(=O)([O-])c1c[c-]c(O)c(O)c1.O=S(=O)=O.[Na+].[Na+]. The summed E-state index contributed by atoms with van der Waals surface area (Å²) in [4.78, 5) is -0.627. The van der Waals surface area contributed by atoms with Gasteiger partial charge in [-0.25, -0.2) is 0 Å². The van der Waals surface area contributed by atoms with Crippen LogP contribution < -0.4 is 59.1 Å². The molecule has 0 spiro atoms. The molecule has 130 heavy (non-hydrogen) atoms. The third-order valence-electron chi connectivity index (χ3n) is 24.2. The molecule has 0 aliphatic rings. The van der Waals surface area contributed by atoms with Gasteiger partial charge in [0, 0.05) is 39.3 Å². The van der Waals surface area contributed by atoms with Crippen molar-refractivity contribution in [3.8, 4) is 80.5 Å². The van der Waals surface area contributed by atoms with E-state index in [1.807, 2.05) is 64.1 Å². The quantitative estimate of drug-likeness (QED) is 0.00555. The first-order valence-electron chi connectivity index (χ1n) is 47.2. The molecule has 20 nitrogen and oxygen atoms in total. The maximum Gasteiger partial charge on any atom is 1.00 e. The first-order chi connectivity index (χ1) is 59.8. The second-order valence-electron chi connectivity index (χ2n) is 37.9. The molecule has 0 atom stereocenters. The van der Waals surface area contributed by atoms with Crippen LogP contribution in [-0.2, 0) is 73.5 Å². The summed E-state index contributed by atoms with van der Waals surface area (Å²) in [6.45, 7) is 49.1. The number of hydrogen-bond acceptors (Lipinski definition) is 20. The Balaban J connectivity index is -0.00000145. The normalized spacial score (nSPS) is 11.3. The molecule has 0 aliphatic heterocycles. The van der Waals surface area contributed by atoms with Gasteiger partial charge < -0.3 is 76.0 Å². The van der Waals surface area contributed by atoms with Gasteiger partial charge in [0.25, 0.3) is 0 Å². The molecule has 7 aromatic carbocycles. The number of para-hydroxylation sites is 1. The molecule has 0 aromatic heterocycles. The number of phenols is 14. The summed E-state index contributed by atoms with van der Waals surface area (Å²) >= 11 is 0. The molecule has 14 N–H and O–H groups in total. The molecule has 0 amide bonds. The number of benzene rings is 7. The molecule has 0 saturated heterocycles. The number of hydrogen-bond donors (Lipinski definition) is 14. The number of phenolic OH excluding ortho intramolecular Hbond substituents is 14. The number of rotatable bonds is 42. The number of unbranched alkanes of at least 4 members (excludes halogenated alkanes) is 18. The Hall–Kier alpha value is -6.73. The summed E-state index contributed by atoms with van der Waals surface area (Å²) in [5.41, 5.74) is 10.1. The van der Waals surface area contributed by atoms with Gasteiger partial charge in [0.1, 0.15) is 0 Å². The molecule has 0 fully saturated rings. The van der Waals surface area contributed by atoms with Gasteiger partial charge in [0.05, 0.1) is 10.1 Å². The summed E-state index contributed by atoms with van der Waals surface area (Å²) in [7, 11) is -7.71. The molecule has 0 heterocycles. The van der Waals surface area contributed by atoms with Crippen LogP contribution >= 0.6 is 0 Å². The second kappa shape index (κ2) is 65.0. The number of aryl methyl sites for hydroxylation is 4. The van der Waals surface area contributed by atoms with Crippen molar-refractivity contribution in [1.82, 2.24) is 0 Å². The fraction of sp³-hybridized carbons (Fsp3) is 0.604. The second-order valence-corrected chi connectivity index (χ2v) is 39.7. The van der Waals surface area contributed by atoms with E-state index < -0.39 is 37.1 Å². The van der Waals surface area contributed by atoms with Crippen molar-refractivity contribution in [3.05, 3.63) is 158 Å². The van der Waals surface area contributed by atoms with Crippen molar-refractivity contribution >= 4 is 20.7 Å². The van der Waals surface area contributed by atoms with Crippen LogP contribution in [-0.4, -0.2) is 97.1 Å². The summed E-state index contributed by atoms with van der Waals surface area (Å²) in [6, 6.07) is 27.6. The van der Waals surface area contributed by atoms with E-state index in [1.165, 1.54) is 127 Å². The molecular weight excluding hydrogens is 1700 g/mol. The van der Waals surface area contributed by atoms with Crippen LogP contribution in [0.2, 0.25) is 0 Å². The monoisotopic (exact) mass is 1870 g/mol. The van der Waals surface area contributed by atoms with Gasteiger partial charge >= 0.3 is 69.7 Å². The molecule has 726 valence electrons. The van der Waals surface area contributed by atoms with Crippen molar-refractivity contribution < 1.29 is 156 Å². The zero-order chi connectivity index (χ0) is 98.1. The van der Waals surface area contributed by atoms with E-state index in [4.69, 9.17) is 22.8 Å². The Morgan fingerprint density at radius 3 is 1.02 bits per heavy atom. The first kappa shape index (κ1) is 127. The van der Waals surface area contributed by atoms with Crippen LogP contribution in [0.15, 0.2) is 95.9 Å². The van der Waals surface area contributed by atoms with Gasteiger partial charge in [-0.1, -0.05) is 343 Å². The zero-order valence-electron chi connectivity index (χ0n) is 84.4. The Kier molecular flexibility index (Phi) is 63.7. The van der Waals surface area contributed by atoms with E-state index in [2.05, 4.69) is 144 Å². The Bertz CT molecular complexity index is 4560. The fourth-order valence-electron chi connectivity index (χ4n) is 14.6. The van der Waals surface area contributed by atoms with Crippen molar-refractivity contribution in [1.29, 1.82) is 0 Å². The van der Waals surface area contributed by atoms with E-state index >= 15 is 0 Å². The smallest absolute Gasteiger partial charge is 0.754 e. The van der Waals surface area contributed by atoms with Gasteiger partial charge in [-0.2, -0.15) is 6.07 Å². The third kappa shape index (κ3) is 47.0. The van der Waals surface area contributed by atoms with E-state index in [9.17, 15) is 74.2 Å². The Morgan fingerprint density at radius 1 is 0.331 bits per heavy atom. The Labute approximate surface area is 830 Å². The predicted octanol–water partition coefficient (Wildman–Crippen LogP) is 22.1. The van der Waals surface area contributed by atoms with E-state index in [-0.39, 0.29) is 167 Å². The summed E-state index contributed by atoms with van der Waals surface area (Å²) < 4.78 is 56.3. The molecule has 0 unspecified atom stereocenters. The predicted molar refractivity (Wildman–Crippen MR) is 523 cm³/mol. The maximum absolute atomic E-state index is 10.4. The van der Waals surface area contributed by atoms with Crippen LogP contribution in [0.5, 0.6) is 80.5 Å². The Morgan fingerprint density at radius 2 is 0.646 bits per heavy atom. The van der Waals surface area contributed by atoms with Crippen LogP contribution in [0.3, 0.4) is 0 Å². The topological polar surface area (TPSA) is 392 Å². The minimum atomic E-state index is -4.59. The minimum Gasteiger partial charge on any atom is -0.754 e. The molecule has 0 saturated carbocycles. The first-order valence-corrected chi connectivity index (χ1v) is 49.6. The van der Waals surface area contributed by atoms with Crippen molar-refractivity contribution in [3.63, 3.8) is 0 Å². The summed E-state index contributed by atoms with van der Waals surface area (Å²) in [6.07, 6.45) is 39.1. The van der Waals surface area contributed by atoms with Crippen LogP contribution in [0.1, 0.15) is 425 Å². The van der Waals surface area contributed by atoms with E-state index in [0.29, 0.717) is 6.07 Å². The maximum atomic E-state index is 10.4. The van der Waals surface area contributed by atoms with Crippen molar-refractivity contribution in [2.45, 2.75) is 421 Å². The minimum absolute atomic E-state index is 0. The van der Waals surface area contributed by atoms with Gasteiger partial charge in [0.15, 0.2) is 69.0 Å². The standard InChI is InChI=1S/2C22H38O2.C16H26O2.2C14H22O2.C12H18O2.C6H5O5S.2Na.O3S/c1-7-9-11-13-21(3,4)17-15-18(20(24)19(23)16-17)22(5,6)14-12-10-8-2;1-3-5-7-9-11-13-15-19-17-20(22(24)21(23)18-19)16-14-12-10-8-6-4-2;1-7-15(3,4)11-9-12(16(5,6)8-2)14(18)13(17)10-11;1-4-5-6-10-14(2,3)11-8-7-9-12(15)13(11)16;1-3-5-7-11-9-12(8-6-4-2)14(16)13(15)10-11;1-7(2)9-5-6-10(8(3)4)12(14)11(9)13;7-5-2-1-4(3-6(5)8)12(9,10)11;;;1-4(2)3/h15-16,23-24H,7-14H2,1-6H3;17-18,23-24H,3-16H2,1-2H3;9-10,17-18H,7-8H2,1-6H3;7-9,15-16H,4-6,10H2,1-3H3;9-10,15-16H,3-8H2,1-2H3;5-8,13-14H,1-4H3;1,3,7-8H,(H,9,10,11);;;/q;;;;;;-1;2*+1;/p-1. The summed E-state index contributed by atoms with van der Waals surface area (Å²) in [5.74, 6) is -0.425. The largest absolute Gasteiger partial charge is 1.00 e. The van der Waals surface area contributed by atoms with Gasteiger partial charge in [0.2, 0.25) is 0 Å². The average Bonchev–Trinajstić information content (AvgIpc) is 0.776.